The Balaban J connectivity index is 1.90. The standard InChI is InChI=1S/C14H26N2O2/c1-2-9-18-12-5-3-8-16(10-12)13(17)14(11-15)6-4-7-14/h12H,2-11,15H2,1H3. The number of nitrogens with zero attached hydrogens (tertiary/aromatic N) is 1. The zero-order valence-electron chi connectivity index (χ0n) is 11.5. The molecule has 2 aliphatic rings. The van der Waals surface area contributed by atoms with Crippen molar-refractivity contribution in [2.45, 2.75) is 51.6 Å². The second-order valence-corrected chi connectivity index (χ2v) is 5.72. The summed E-state index contributed by atoms with van der Waals surface area (Å²) in [6.07, 6.45) is 6.50. The number of likely N-dealkylation sites (tertiary alicyclic amines) is 1. The van der Waals surface area contributed by atoms with Crippen molar-refractivity contribution in [3.8, 4) is 0 Å². The van der Waals surface area contributed by atoms with Gasteiger partial charge in [0, 0.05) is 26.2 Å². The van der Waals surface area contributed by atoms with Crippen LogP contribution in [0.15, 0.2) is 0 Å². The van der Waals surface area contributed by atoms with Gasteiger partial charge in [-0.15, -0.1) is 0 Å². The number of carbonyl (C=O) groups excluding carboxylic acids is 1. The first-order chi connectivity index (χ1) is 8.72. The summed E-state index contributed by atoms with van der Waals surface area (Å²) in [6.45, 7) is 5.06. The van der Waals surface area contributed by atoms with Gasteiger partial charge >= 0.3 is 0 Å². The monoisotopic (exact) mass is 254 g/mol. The maximum atomic E-state index is 12.5. The first-order valence-corrected chi connectivity index (χ1v) is 7.33. The molecule has 1 saturated carbocycles. The van der Waals surface area contributed by atoms with Crippen molar-refractivity contribution >= 4 is 5.91 Å². The van der Waals surface area contributed by atoms with Gasteiger partial charge in [0.2, 0.25) is 5.91 Å². The van der Waals surface area contributed by atoms with Gasteiger partial charge in [0.05, 0.1) is 11.5 Å². The number of carbonyl (C=O) groups is 1. The average Bonchev–Trinajstić information content (AvgIpc) is 2.36. The Morgan fingerprint density at radius 3 is 2.78 bits per heavy atom. The number of amides is 1. The summed E-state index contributed by atoms with van der Waals surface area (Å²) in [5, 5.41) is 0. The van der Waals surface area contributed by atoms with E-state index in [-0.39, 0.29) is 17.4 Å². The Morgan fingerprint density at radius 1 is 1.44 bits per heavy atom. The highest BCUT2D eigenvalue weighted by Crippen LogP contribution is 2.42. The Morgan fingerprint density at radius 2 is 2.22 bits per heavy atom. The number of hydrogen-bond donors (Lipinski definition) is 1. The normalized spacial score (nSPS) is 26.8. The molecule has 0 aromatic carbocycles. The zero-order chi connectivity index (χ0) is 13.0. The van der Waals surface area contributed by atoms with Crippen LogP contribution in [0.25, 0.3) is 0 Å². The van der Waals surface area contributed by atoms with E-state index in [9.17, 15) is 4.79 Å². The Bertz CT molecular complexity index is 284. The number of nitrogens with two attached hydrogens (primary N) is 1. The lowest BCUT2D eigenvalue weighted by molar-refractivity contribution is -0.150. The van der Waals surface area contributed by atoms with Gasteiger partial charge in [-0.25, -0.2) is 0 Å². The summed E-state index contributed by atoms with van der Waals surface area (Å²) in [6, 6.07) is 0. The molecule has 1 heterocycles. The third kappa shape index (κ3) is 2.69. The second-order valence-electron chi connectivity index (χ2n) is 5.72. The van der Waals surface area contributed by atoms with E-state index in [1.807, 2.05) is 4.90 Å². The first kappa shape index (κ1) is 13.8. The molecule has 1 aliphatic heterocycles. The number of rotatable bonds is 5. The van der Waals surface area contributed by atoms with Crippen LogP contribution in [0.3, 0.4) is 0 Å². The van der Waals surface area contributed by atoms with Gasteiger partial charge in [0.15, 0.2) is 0 Å². The lowest BCUT2D eigenvalue weighted by Crippen LogP contribution is -2.55. The fourth-order valence-electron chi connectivity index (χ4n) is 2.99. The van der Waals surface area contributed by atoms with Crippen LogP contribution < -0.4 is 5.73 Å². The lowest BCUT2D eigenvalue weighted by atomic mass is 9.67. The van der Waals surface area contributed by atoms with Crippen molar-refractivity contribution in [3.05, 3.63) is 0 Å². The molecule has 4 nitrogen and oxygen atoms in total. The fourth-order valence-corrected chi connectivity index (χ4v) is 2.99. The maximum absolute atomic E-state index is 12.5. The van der Waals surface area contributed by atoms with Crippen molar-refractivity contribution in [2.75, 3.05) is 26.2 Å². The van der Waals surface area contributed by atoms with Crippen LogP contribution in [0.2, 0.25) is 0 Å². The van der Waals surface area contributed by atoms with Crippen molar-refractivity contribution in [1.82, 2.24) is 4.90 Å². The number of piperidine rings is 1. The minimum atomic E-state index is -0.230. The summed E-state index contributed by atoms with van der Waals surface area (Å²) in [4.78, 5) is 14.5. The smallest absolute Gasteiger partial charge is 0.230 e. The van der Waals surface area contributed by atoms with Crippen molar-refractivity contribution in [2.24, 2.45) is 11.1 Å². The van der Waals surface area contributed by atoms with Crippen molar-refractivity contribution < 1.29 is 9.53 Å². The molecule has 1 saturated heterocycles. The molecule has 1 amide bonds. The van der Waals surface area contributed by atoms with E-state index >= 15 is 0 Å². The van der Waals surface area contributed by atoms with Gasteiger partial charge < -0.3 is 15.4 Å². The van der Waals surface area contributed by atoms with Crippen LogP contribution in [0.1, 0.15) is 45.4 Å². The molecule has 2 rings (SSSR count). The summed E-state index contributed by atoms with van der Waals surface area (Å²) in [5.74, 6) is 0.279. The predicted molar refractivity (Wildman–Crippen MR) is 71.2 cm³/mol. The minimum Gasteiger partial charge on any atom is -0.376 e. The van der Waals surface area contributed by atoms with Crippen molar-refractivity contribution in [3.63, 3.8) is 0 Å². The molecule has 0 spiro atoms. The highest BCUT2D eigenvalue weighted by Gasteiger charge is 2.45. The third-order valence-corrected chi connectivity index (χ3v) is 4.38. The van der Waals surface area contributed by atoms with E-state index in [4.69, 9.17) is 10.5 Å². The summed E-state index contributed by atoms with van der Waals surface area (Å²) >= 11 is 0. The van der Waals surface area contributed by atoms with Crippen LogP contribution in [-0.2, 0) is 9.53 Å². The molecule has 18 heavy (non-hydrogen) atoms. The van der Waals surface area contributed by atoms with Gasteiger partial charge in [0.25, 0.3) is 0 Å². The topological polar surface area (TPSA) is 55.6 Å². The molecule has 1 atom stereocenters. The van der Waals surface area contributed by atoms with Gasteiger partial charge in [-0.1, -0.05) is 13.3 Å². The molecular weight excluding hydrogens is 228 g/mol. The quantitative estimate of drug-likeness (QED) is 0.809. The lowest BCUT2D eigenvalue weighted by Gasteiger charge is -2.44. The average molecular weight is 254 g/mol. The van der Waals surface area contributed by atoms with Crippen molar-refractivity contribution in [1.29, 1.82) is 0 Å². The molecule has 104 valence electrons. The summed E-state index contributed by atoms with van der Waals surface area (Å²) in [5.41, 5.74) is 5.58. The van der Waals surface area contributed by atoms with E-state index in [1.54, 1.807) is 0 Å². The highest BCUT2D eigenvalue weighted by atomic mass is 16.5. The van der Waals surface area contributed by atoms with Crippen LogP contribution in [-0.4, -0.2) is 43.2 Å². The van der Waals surface area contributed by atoms with Crippen LogP contribution >= 0.6 is 0 Å². The SMILES string of the molecule is CCCOC1CCCN(C(=O)C2(CN)CCC2)C1. The number of hydrogen-bond acceptors (Lipinski definition) is 3. The molecule has 0 bridgehead atoms. The Kier molecular flexibility index (Phi) is 4.62. The molecule has 0 aromatic heterocycles. The summed E-state index contributed by atoms with van der Waals surface area (Å²) in [7, 11) is 0. The highest BCUT2D eigenvalue weighted by molar-refractivity contribution is 5.84. The van der Waals surface area contributed by atoms with Gasteiger partial charge in [-0.3, -0.25) is 4.79 Å². The number of ether oxygens (including phenoxy) is 1. The van der Waals surface area contributed by atoms with E-state index < -0.39 is 0 Å². The Hall–Kier alpha value is -0.610. The fraction of sp³-hybridized carbons (Fsp3) is 0.929. The third-order valence-electron chi connectivity index (χ3n) is 4.38. The van der Waals surface area contributed by atoms with E-state index in [0.29, 0.717) is 6.54 Å². The van der Waals surface area contributed by atoms with E-state index in [0.717, 1.165) is 58.2 Å². The van der Waals surface area contributed by atoms with Gasteiger partial charge in [-0.2, -0.15) is 0 Å². The summed E-state index contributed by atoms with van der Waals surface area (Å²) < 4.78 is 5.79. The minimum absolute atomic E-state index is 0.230. The first-order valence-electron chi connectivity index (χ1n) is 7.33. The van der Waals surface area contributed by atoms with E-state index in [2.05, 4.69) is 6.92 Å². The molecular formula is C14H26N2O2. The van der Waals surface area contributed by atoms with Crippen LogP contribution in [0.5, 0.6) is 0 Å². The maximum Gasteiger partial charge on any atom is 0.230 e. The molecule has 2 N–H and O–H groups in total. The molecule has 1 aliphatic carbocycles. The van der Waals surface area contributed by atoms with Crippen LogP contribution in [0.4, 0.5) is 0 Å². The molecule has 0 aromatic rings. The zero-order valence-corrected chi connectivity index (χ0v) is 11.5. The van der Waals surface area contributed by atoms with E-state index in [1.165, 1.54) is 0 Å². The molecule has 1 unspecified atom stereocenters. The van der Waals surface area contributed by atoms with Gasteiger partial charge in [0.1, 0.15) is 0 Å². The largest absolute Gasteiger partial charge is 0.376 e. The predicted octanol–water partition coefficient (Wildman–Crippen LogP) is 1.53. The molecule has 4 heteroatoms. The molecule has 2 fully saturated rings. The van der Waals surface area contributed by atoms with Crippen LogP contribution in [0, 0.1) is 5.41 Å². The second kappa shape index (κ2) is 6.02. The molecule has 0 radical (unpaired) electrons. The van der Waals surface area contributed by atoms with Gasteiger partial charge in [-0.05, 0) is 32.1 Å². The Labute approximate surface area is 110 Å².